The van der Waals surface area contributed by atoms with Crippen LogP contribution in [0.4, 0.5) is 25.8 Å². The van der Waals surface area contributed by atoms with Crippen molar-refractivity contribution in [1.82, 2.24) is 13.7 Å². The number of anilines is 3. The Bertz CT molecular complexity index is 6360. The third-order valence-electron chi connectivity index (χ3n) is 21.4. The molecule has 6 aliphatic rings. The second kappa shape index (κ2) is 19.1. The molecule has 98 heavy (non-hydrogen) atoms. The molecule has 0 amide bonds. The van der Waals surface area contributed by atoms with E-state index in [1.54, 1.807) is 4.90 Å². The van der Waals surface area contributed by atoms with Crippen LogP contribution in [0.2, 0.25) is 0 Å². The Morgan fingerprint density at radius 2 is 0.551 bits per heavy atom. The third kappa shape index (κ3) is 6.94. The van der Waals surface area contributed by atoms with Crippen molar-refractivity contribution >= 4 is 152 Å². The number of hydrogen-bond donors (Lipinski definition) is 0. The van der Waals surface area contributed by atoms with Crippen LogP contribution in [-0.2, 0) is 0 Å². The van der Waals surface area contributed by atoms with Gasteiger partial charge in [0.25, 0.3) is 20.1 Å². The molecule has 9 heterocycles. The fourth-order valence-electron chi connectivity index (χ4n) is 17.5. The lowest BCUT2D eigenvalue weighted by molar-refractivity contribution is 0.451. The maximum atomic E-state index is 17.4. The van der Waals surface area contributed by atoms with E-state index in [1.165, 1.54) is 18.2 Å². The number of hydrogen-bond acceptors (Lipinski definition) is 6. The minimum Gasteiger partial charge on any atom is -0.458 e. The molecule has 0 atom stereocenters. The molecule has 0 saturated heterocycles. The number of aromatic nitrogens is 3. The molecule has 14 heteroatoms. The Labute approximate surface area is 558 Å². The van der Waals surface area contributed by atoms with E-state index in [2.05, 4.69) is 226 Å². The standard InChI is InChI=1S/C84H45B3F2N4O5/c88-61-26-17-27-62(89)84(61)93-69-44-73-58(42-57(69)85-55-24-7-15-34-71(55)94-76-37-46(36-70(93)81(76)85)90-63-28-9-1-18-49(63)50-19-2-10-29-64(50)90)87-60-43-59-74(45-75(60)98-80-41-48(40-79(96-73)83(80)87)92-67-32-13-5-22-53(67)54-23-6-14-33-68(54)92)97-78-39-47(38-77-82(78)86(59)56-25-8-16-35-72(56)95-77)91-65-30-11-3-20-51(65)52-21-4-12-31-66(52)91/h1-45H. The normalized spacial score (nSPS) is 13.7. The van der Waals surface area contributed by atoms with Crippen molar-refractivity contribution in [2.24, 2.45) is 0 Å². The van der Waals surface area contributed by atoms with Crippen molar-refractivity contribution in [1.29, 1.82) is 0 Å². The summed E-state index contributed by atoms with van der Waals surface area (Å²) < 4.78 is 78.2. The summed E-state index contributed by atoms with van der Waals surface area (Å²) in [7, 11) is 0. The summed E-state index contributed by atoms with van der Waals surface area (Å²) in [6, 6.07) is 92.5. The van der Waals surface area contributed by atoms with Gasteiger partial charge in [0.2, 0.25) is 0 Å². The fourth-order valence-corrected chi connectivity index (χ4v) is 17.5. The lowest BCUT2D eigenvalue weighted by atomic mass is 9.30. The van der Waals surface area contributed by atoms with Crippen LogP contribution in [0, 0.1) is 11.6 Å². The fraction of sp³-hybridized carbons (Fsp3) is 0. The minimum absolute atomic E-state index is 0.221. The summed E-state index contributed by atoms with van der Waals surface area (Å²) in [5.41, 5.74) is 17.6. The minimum atomic E-state index is -0.723. The second-order valence-electron chi connectivity index (χ2n) is 26.4. The summed E-state index contributed by atoms with van der Waals surface area (Å²) in [5.74, 6) is 5.01. The zero-order valence-electron chi connectivity index (χ0n) is 51.8. The zero-order valence-corrected chi connectivity index (χ0v) is 51.8. The van der Waals surface area contributed by atoms with E-state index in [9.17, 15) is 0 Å². The molecule has 0 bridgehead atoms. The summed E-state index contributed by atoms with van der Waals surface area (Å²) >= 11 is 0. The lowest BCUT2D eigenvalue weighted by Gasteiger charge is -2.42. The van der Waals surface area contributed by atoms with Gasteiger partial charge in [-0.15, -0.1) is 0 Å². The van der Waals surface area contributed by atoms with Gasteiger partial charge in [-0.25, -0.2) is 8.78 Å². The van der Waals surface area contributed by atoms with Crippen LogP contribution in [0.1, 0.15) is 0 Å². The largest absolute Gasteiger partial charge is 0.458 e. The Kier molecular flexibility index (Phi) is 10.2. The van der Waals surface area contributed by atoms with Gasteiger partial charge < -0.3 is 42.3 Å². The molecule has 0 spiro atoms. The van der Waals surface area contributed by atoms with Crippen LogP contribution in [0.15, 0.2) is 273 Å². The number of nitrogens with zero attached hydrogens (tertiary/aromatic N) is 4. The van der Waals surface area contributed by atoms with Crippen LogP contribution >= 0.6 is 0 Å². The smallest absolute Gasteiger partial charge is 0.260 e. The molecule has 23 rings (SSSR count). The molecule has 9 nitrogen and oxygen atoms in total. The Balaban J connectivity index is 0.779. The van der Waals surface area contributed by atoms with Crippen molar-refractivity contribution in [3.05, 3.63) is 285 Å². The van der Waals surface area contributed by atoms with Crippen LogP contribution in [-0.4, -0.2) is 33.8 Å². The summed E-state index contributed by atoms with van der Waals surface area (Å²) in [4.78, 5) is 1.76. The highest BCUT2D eigenvalue weighted by Crippen LogP contribution is 2.49. The molecule has 0 N–H and O–H groups in total. The Morgan fingerprint density at radius 1 is 0.235 bits per heavy atom. The number of benzene rings is 14. The van der Waals surface area contributed by atoms with Gasteiger partial charge in [-0.3, -0.25) is 0 Å². The van der Waals surface area contributed by atoms with E-state index in [0.29, 0.717) is 63.1 Å². The van der Waals surface area contributed by atoms with Crippen molar-refractivity contribution in [3.8, 4) is 74.6 Å². The molecular formula is C84H45B3F2N4O5. The monoisotopic (exact) mass is 1260 g/mol. The average molecular weight is 1260 g/mol. The third-order valence-corrected chi connectivity index (χ3v) is 21.4. The first-order valence-corrected chi connectivity index (χ1v) is 33.1. The molecule has 17 aromatic rings. The van der Waals surface area contributed by atoms with Crippen LogP contribution < -0.4 is 77.7 Å². The molecule has 0 aliphatic carbocycles. The van der Waals surface area contributed by atoms with E-state index in [-0.39, 0.29) is 12.4 Å². The van der Waals surface area contributed by atoms with Crippen molar-refractivity contribution in [2.75, 3.05) is 4.90 Å². The lowest BCUT2D eigenvalue weighted by Crippen LogP contribution is -2.64. The molecular weight excluding hydrogens is 1220 g/mol. The Hall–Kier alpha value is -12.7. The van der Waals surface area contributed by atoms with Gasteiger partial charge in [0, 0.05) is 97.1 Å². The molecule has 3 aromatic heterocycles. The zero-order chi connectivity index (χ0) is 63.9. The van der Waals surface area contributed by atoms with E-state index in [0.717, 1.165) is 137 Å². The molecule has 0 fully saturated rings. The highest BCUT2D eigenvalue weighted by molar-refractivity contribution is 7.02. The van der Waals surface area contributed by atoms with Gasteiger partial charge in [0.1, 0.15) is 74.8 Å². The maximum Gasteiger partial charge on any atom is 0.260 e. The van der Waals surface area contributed by atoms with Gasteiger partial charge in [-0.05, 0) is 105 Å². The molecule has 0 saturated carbocycles. The Morgan fingerprint density at radius 3 is 0.969 bits per heavy atom. The maximum absolute atomic E-state index is 17.4. The second-order valence-corrected chi connectivity index (χ2v) is 26.4. The first-order chi connectivity index (χ1) is 48.4. The summed E-state index contributed by atoms with van der Waals surface area (Å²) in [6.45, 7) is -1.28. The number of ether oxygens (including phenoxy) is 5. The first-order valence-electron chi connectivity index (χ1n) is 33.1. The van der Waals surface area contributed by atoms with Crippen LogP contribution in [0.25, 0.3) is 82.5 Å². The number of para-hydroxylation sites is 9. The number of halogens is 2. The van der Waals surface area contributed by atoms with E-state index in [4.69, 9.17) is 23.7 Å². The summed E-state index contributed by atoms with van der Waals surface area (Å²) in [6.07, 6.45) is 0. The predicted molar refractivity (Wildman–Crippen MR) is 391 cm³/mol. The van der Waals surface area contributed by atoms with E-state index in [1.807, 2.05) is 42.5 Å². The van der Waals surface area contributed by atoms with E-state index >= 15 is 8.78 Å². The van der Waals surface area contributed by atoms with Crippen LogP contribution in [0.3, 0.4) is 0 Å². The first kappa shape index (κ1) is 52.7. The molecule has 0 unspecified atom stereocenters. The highest BCUT2D eigenvalue weighted by Gasteiger charge is 2.49. The number of fused-ring (bicyclic) bond motifs is 21. The molecule has 6 aliphatic heterocycles. The van der Waals surface area contributed by atoms with Gasteiger partial charge in [-0.1, -0.05) is 164 Å². The van der Waals surface area contributed by atoms with Gasteiger partial charge in [0.15, 0.2) is 0 Å². The van der Waals surface area contributed by atoms with Gasteiger partial charge in [0.05, 0.1) is 50.2 Å². The van der Waals surface area contributed by atoms with Crippen molar-refractivity contribution in [2.45, 2.75) is 0 Å². The van der Waals surface area contributed by atoms with Gasteiger partial charge >= 0.3 is 0 Å². The van der Waals surface area contributed by atoms with Gasteiger partial charge in [-0.2, -0.15) is 0 Å². The SMILES string of the molecule is Fc1cccc(F)c1N1c2cc3c(cc2B2c4ccccc4Oc4cc(-n5c6ccccc6c6ccccc65)cc1c42)B1c2cc4c(cc2Oc2cc(-n5c6ccccc6c6ccccc65)cc(c21)O3)Oc1cc(-n2c3ccccc3c3ccccc32)cc2c1B4c1ccccc1O2. The highest BCUT2D eigenvalue weighted by atomic mass is 19.1. The molecule has 14 aromatic carbocycles. The quantitative estimate of drug-likeness (QED) is 0.164. The topological polar surface area (TPSA) is 64.2 Å². The molecule has 0 radical (unpaired) electrons. The van der Waals surface area contributed by atoms with Crippen LogP contribution in [0.5, 0.6) is 57.5 Å². The van der Waals surface area contributed by atoms with Crippen molar-refractivity contribution < 1.29 is 32.5 Å². The predicted octanol–water partition coefficient (Wildman–Crippen LogP) is 15.1. The van der Waals surface area contributed by atoms with E-state index < -0.39 is 25.1 Å². The molecule has 454 valence electrons. The summed E-state index contributed by atoms with van der Waals surface area (Å²) in [5, 5.41) is 6.69. The number of rotatable bonds is 4. The average Bonchev–Trinajstić information content (AvgIpc) is 0.862. The van der Waals surface area contributed by atoms with Crippen molar-refractivity contribution in [3.63, 3.8) is 0 Å².